The molecule has 0 bridgehead atoms. The molecule has 7 heteroatoms. The van der Waals surface area contributed by atoms with E-state index < -0.39 is 15.8 Å². The van der Waals surface area contributed by atoms with Crippen molar-refractivity contribution in [3.8, 4) is 0 Å². The number of aryl methyl sites for hydroxylation is 2. The molecular weight excluding hydrogens is 242 g/mol. The first kappa shape index (κ1) is 12.1. The Morgan fingerprint density at radius 2 is 2.18 bits per heavy atom. The number of nitrogens with one attached hydrogen (secondary N) is 1. The van der Waals surface area contributed by atoms with Gasteiger partial charge in [0, 0.05) is 13.0 Å². The van der Waals surface area contributed by atoms with E-state index in [9.17, 15) is 13.2 Å². The van der Waals surface area contributed by atoms with E-state index in [1.165, 1.54) is 4.68 Å². The molecule has 1 amide bonds. The summed E-state index contributed by atoms with van der Waals surface area (Å²) in [4.78, 5) is 11.7. The fourth-order valence-electron chi connectivity index (χ4n) is 2.02. The quantitative estimate of drug-likeness (QED) is 0.787. The van der Waals surface area contributed by atoms with Crippen LogP contribution >= 0.6 is 0 Å². The van der Waals surface area contributed by atoms with Crippen LogP contribution in [0.3, 0.4) is 0 Å². The molecule has 0 aliphatic carbocycles. The van der Waals surface area contributed by atoms with Gasteiger partial charge in [0.15, 0.2) is 14.9 Å². The van der Waals surface area contributed by atoms with E-state index in [2.05, 4.69) is 10.4 Å². The highest BCUT2D eigenvalue weighted by Crippen LogP contribution is 2.30. The second kappa shape index (κ2) is 3.83. The van der Waals surface area contributed by atoms with Gasteiger partial charge in [-0.15, -0.1) is 0 Å². The summed E-state index contributed by atoms with van der Waals surface area (Å²) in [5, 5.41) is 6.91. The third kappa shape index (κ3) is 1.84. The number of amides is 1. The van der Waals surface area contributed by atoms with Gasteiger partial charge in [-0.1, -0.05) is 13.8 Å². The van der Waals surface area contributed by atoms with E-state index in [1.807, 2.05) is 6.92 Å². The summed E-state index contributed by atoms with van der Waals surface area (Å²) in [6.07, 6.45) is 0.577. The molecule has 1 N–H and O–H groups in total. The average Bonchev–Trinajstić information content (AvgIpc) is 2.49. The Morgan fingerprint density at radius 3 is 2.76 bits per heavy atom. The normalized spacial score (nSPS) is 22.8. The molecule has 0 saturated carbocycles. The molecule has 2 rings (SSSR count). The number of hydrogen-bond donors (Lipinski definition) is 1. The predicted molar refractivity (Wildman–Crippen MR) is 62.4 cm³/mol. The maximum Gasteiger partial charge on any atom is 0.228 e. The zero-order valence-corrected chi connectivity index (χ0v) is 10.8. The summed E-state index contributed by atoms with van der Waals surface area (Å²) >= 11 is 0. The molecule has 6 nitrogen and oxygen atoms in total. The molecule has 1 unspecified atom stereocenters. The maximum absolute atomic E-state index is 12.1. The molecule has 1 aliphatic heterocycles. The monoisotopic (exact) mass is 257 g/mol. The minimum absolute atomic E-state index is 0.118. The number of carbonyl (C=O) groups excluding carboxylic acids is 1. The minimum Gasteiger partial charge on any atom is -0.322 e. The number of nitrogens with zero attached hydrogens (tertiary/aromatic N) is 2. The molecule has 94 valence electrons. The molecule has 1 aromatic rings. The first-order valence-corrected chi connectivity index (χ1v) is 7.11. The SMILES string of the molecule is CCc1nn(C)c2c1NC(=O)C(C)CS2(=O)=O. The van der Waals surface area contributed by atoms with Crippen LogP contribution in [-0.2, 0) is 28.1 Å². The van der Waals surface area contributed by atoms with Crippen LogP contribution in [0.4, 0.5) is 5.69 Å². The Labute approximate surface area is 99.9 Å². The number of anilines is 1. The van der Waals surface area contributed by atoms with Crippen LogP contribution in [0.15, 0.2) is 5.03 Å². The van der Waals surface area contributed by atoms with Gasteiger partial charge in [0.25, 0.3) is 0 Å². The van der Waals surface area contributed by atoms with Crippen LogP contribution in [0.1, 0.15) is 19.5 Å². The summed E-state index contributed by atoms with van der Waals surface area (Å²) in [6.45, 7) is 3.48. The second-order valence-corrected chi connectivity index (χ2v) is 6.23. The Hall–Kier alpha value is -1.37. The van der Waals surface area contributed by atoms with Crippen LogP contribution in [0.5, 0.6) is 0 Å². The van der Waals surface area contributed by atoms with Crippen molar-refractivity contribution < 1.29 is 13.2 Å². The van der Waals surface area contributed by atoms with E-state index in [1.54, 1.807) is 14.0 Å². The molecule has 0 spiro atoms. The number of fused-ring (bicyclic) bond motifs is 1. The zero-order chi connectivity index (χ0) is 12.8. The molecule has 1 atom stereocenters. The molecule has 0 saturated heterocycles. The summed E-state index contributed by atoms with van der Waals surface area (Å²) in [6, 6.07) is 0. The lowest BCUT2D eigenvalue weighted by Gasteiger charge is -2.05. The summed E-state index contributed by atoms with van der Waals surface area (Å²) < 4.78 is 25.6. The first-order valence-electron chi connectivity index (χ1n) is 5.46. The fraction of sp³-hybridized carbons (Fsp3) is 0.600. The van der Waals surface area contributed by atoms with Crippen LogP contribution < -0.4 is 5.32 Å². The standard InChI is InChI=1S/C10H15N3O3S/c1-4-7-8-10(13(3)12-7)17(15,16)5-6(2)9(14)11-8/h6H,4-5H2,1-3H3,(H,11,14). The van der Waals surface area contributed by atoms with Gasteiger partial charge in [-0.2, -0.15) is 5.10 Å². The number of rotatable bonds is 1. The molecule has 1 aliphatic rings. The average molecular weight is 257 g/mol. The largest absolute Gasteiger partial charge is 0.322 e. The number of sulfone groups is 1. The van der Waals surface area contributed by atoms with Crippen LogP contribution in [0, 0.1) is 5.92 Å². The van der Waals surface area contributed by atoms with Crippen molar-refractivity contribution >= 4 is 21.4 Å². The highest BCUT2D eigenvalue weighted by atomic mass is 32.2. The second-order valence-electron chi connectivity index (χ2n) is 4.28. The van der Waals surface area contributed by atoms with Crippen molar-refractivity contribution in [2.24, 2.45) is 13.0 Å². The van der Waals surface area contributed by atoms with Crippen molar-refractivity contribution in [3.05, 3.63) is 5.69 Å². The van der Waals surface area contributed by atoms with Gasteiger partial charge >= 0.3 is 0 Å². The molecule has 0 aromatic carbocycles. The molecule has 1 aromatic heterocycles. The van der Waals surface area contributed by atoms with Crippen molar-refractivity contribution in [1.29, 1.82) is 0 Å². The predicted octanol–water partition coefficient (Wildman–Crippen LogP) is 0.344. The highest BCUT2D eigenvalue weighted by molar-refractivity contribution is 7.91. The van der Waals surface area contributed by atoms with E-state index >= 15 is 0 Å². The summed E-state index contributed by atoms with van der Waals surface area (Å²) in [5.41, 5.74) is 0.956. The van der Waals surface area contributed by atoms with Crippen LogP contribution in [-0.4, -0.2) is 29.9 Å². The maximum atomic E-state index is 12.1. The van der Waals surface area contributed by atoms with Gasteiger partial charge in [0.05, 0.1) is 11.4 Å². The zero-order valence-electron chi connectivity index (χ0n) is 10.0. The van der Waals surface area contributed by atoms with Gasteiger partial charge in [-0.25, -0.2) is 8.42 Å². The third-order valence-electron chi connectivity index (χ3n) is 2.86. The Balaban J connectivity index is 2.71. The lowest BCUT2D eigenvalue weighted by atomic mass is 10.2. The Morgan fingerprint density at radius 1 is 1.53 bits per heavy atom. The highest BCUT2D eigenvalue weighted by Gasteiger charge is 2.35. The van der Waals surface area contributed by atoms with Gasteiger partial charge in [-0.05, 0) is 6.42 Å². The number of carbonyl (C=O) groups is 1. The molecule has 2 heterocycles. The number of aromatic nitrogens is 2. The van der Waals surface area contributed by atoms with Gasteiger partial charge in [0.1, 0.15) is 5.69 Å². The van der Waals surface area contributed by atoms with Crippen LogP contribution in [0.25, 0.3) is 0 Å². The lowest BCUT2D eigenvalue weighted by Crippen LogP contribution is -2.23. The Bertz CT molecular complexity index is 574. The lowest BCUT2D eigenvalue weighted by molar-refractivity contribution is -0.118. The smallest absolute Gasteiger partial charge is 0.228 e. The topological polar surface area (TPSA) is 81.1 Å². The number of hydrogen-bond acceptors (Lipinski definition) is 4. The third-order valence-corrected chi connectivity index (χ3v) is 4.86. The van der Waals surface area contributed by atoms with E-state index in [4.69, 9.17) is 0 Å². The fourth-order valence-corrected chi connectivity index (χ4v) is 3.91. The van der Waals surface area contributed by atoms with E-state index in [0.29, 0.717) is 17.8 Å². The molecule has 0 fully saturated rings. The summed E-state index contributed by atoms with van der Waals surface area (Å²) in [7, 11) is -1.88. The van der Waals surface area contributed by atoms with Crippen molar-refractivity contribution in [2.45, 2.75) is 25.3 Å². The Kier molecular flexibility index (Phi) is 2.73. The molecule has 17 heavy (non-hydrogen) atoms. The van der Waals surface area contributed by atoms with Crippen molar-refractivity contribution in [3.63, 3.8) is 0 Å². The minimum atomic E-state index is -3.46. The van der Waals surface area contributed by atoms with E-state index in [0.717, 1.165) is 0 Å². The van der Waals surface area contributed by atoms with Gasteiger partial charge in [0.2, 0.25) is 5.91 Å². The van der Waals surface area contributed by atoms with E-state index in [-0.39, 0.29) is 16.7 Å². The molecule has 0 radical (unpaired) electrons. The first-order chi connectivity index (χ1) is 7.86. The van der Waals surface area contributed by atoms with Crippen LogP contribution in [0.2, 0.25) is 0 Å². The van der Waals surface area contributed by atoms with Gasteiger partial charge in [-0.3, -0.25) is 9.48 Å². The molecular formula is C10H15N3O3S. The van der Waals surface area contributed by atoms with Crippen molar-refractivity contribution in [2.75, 3.05) is 11.1 Å². The summed E-state index contributed by atoms with van der Waals surface area (Å²) in [5.74, 6) is -0.985. The van der Waals surface area contributed by atoms with Gasteiger partial charge < -0.3 is 5.32 Å². The van der Waals surface area contributed by atoms with Crippen molar-refractivity contribution in [1.82, 2.24) is 9.78 Å².